The number of carbonyl (C=O) groups is 1. The van der Waals surface area contributed by atoms with Crippen LogP contribution in [0.4, 0.5) is 0 Å². The second-order valence-corrected chi connectivity index (χ2v) is 7.77. The van der Waals surface area contributed by atoms with E-state index in [1.165, 1.54) is 0 Å². The van der Waals surface area contributed by atoms with E-state index in [0.717, 1.165) is 11.8 Å². The molecule has 2 aromatic carbocycles. The highest BCUT2D eigenvalue weighted by atomic mass is 32.2. The zero-order chi connectivity index (χ0) is 19.3. The lowest BCUT2D eigenvalue weighted by molar-refractivity contribution is 0.0690. The maximum atomic E-state index is 12.9. The zero-order valence-corrected chi connectivity index (χ0v) is 16.1. The van der Waals surface area contributed by atoms with Crippen LogP contribution >= 0.6 is 0 Å². The number of ether oxygens (including phenoxy) is 1. The third-order valence-electron chi connectivity index (χ3n) is 3.70. The molecule has 0 bridgehead atoms. The molecular formula is C19H23NO5S. The van der Waals surface area contributed by atoms with Gasteiger partial charge < -0.3 is 13.8 Å². The Morgan fingerprint density at radius 2 is 1.73 bits per heavy atom. The van der Waals surface area contributed by atoms with Gasteiger partial charge in [0.05, 0.1) is 13.4 Å². The van der Waals surface area contributed by atoms with Crippen LogP contribution in [-0.2, 0) is 16.7 Å². The second-order valence-electron chi connectivity index (χ2n) is 6.19. The van der Waals surface area contributed by atoms with E-state index in [4.69, 9.17) is 8.92 Å². The minimum absolute atomic E-state index is 0.0480. The van der Waals surface area contributed by atoms with Gasteiger partial charge in [-0.05, 0) is 49.7 Å². The summed E-state index contributed by atoms with van der Waals surface area (Å²) < 4.78 is 32.7. The van der Waals surface area contributed by atoms with Crippen LogP contribution in [0.25, 0.3) is 0 Å². The van der Waals surface area contributed by atoms with Crippen molar-refractivity contribution in [3.63, 3.8) is 0 Å². The zero-order valence-electron chi connectivity index (χ0n) is 15.3. The molecule has 1 amide bonds. The topological polar surface area (TPSA) is 72.9 Å². The molecule has 0 atom stereocenters. The van der Waals surface area contributed by atoms with Gasteiger partial charge in [-0.25, -0.2) is 0 Å². The molecule has 0 aliphatic rings. The van der Waals surface area contributed by atoms with E-state index < -0.39 is 10.1 Å². The van der Waals surface area contributed by atoms with Crippen LogP contribution in [0, 0.1) is 0 Å². The molecule has 2 rings (SSSR count). The average Bonchev–Trinajstić information content (AvgIpc) is 2.57. The van der Waals surface area contributed by atoms with Crippen molar-refractivity contribution in [2.24, 2.45) is 0 Å². The summed E-state index contributed by atoms with van der Waals surface area (Å²) in [5.41, 5.74) is 1.30. The van der Waals surface area contributed by atoms with Crippen molar-refractivity contribution in [2.45, 2.75) is 26.4 Å². The summed E-state index contributed by atoms with van der Waals surface area (Å²) in [5, 5.41) is 0. The minimum atomic E-state index is -3.60. The summed E-state index contributed by atoms with van der Waals surface area (Å²) in [4.78, 5) is 14.6. The molecular weight excluding hydrogens is 354 g/mol. The predicted octanol–water partition coefficient (Wildman–Crippen LogP) is 3.08. The lowest BCUT2D eigenvalue weighted by atomic mass is 10.1. The van der Waals surface area contributed by atoms with Crippen LogP contribution in [0.15, 0.2) is 48.5 Å². The third kappa shape index (κ3) is 5.49. The number of amides is 1. The highest BCUT2D eigenvalue weighted by Crippen LogP contribution is 2.20. The van der Waals surface area contributed by atoms with Gasteiger partial charge in [-0.15, -0.1) is 0 Å². The van der Waals surface area contributed by atoms with Crippen molar-refractivity contribution in [3.05, 3.63) is 59.7 Å². The van der Waals surface area contributed by atoms with Gasteiger partial charge in [0, 0.05) is 18.2 Å². The fourth-order valence-corrected chi connectivity index (χ4v) is 2.93. The molecule has 0 aliphatic heterocycles. The van der Waals surface area contributed by atoms with Crippen LogP contribution < -0.4 is 8.92 Å². The first-order chi connectivity index (χ1) is 12.2. The monoisotopic (exact) mass is 377 g/mol. The molecule has 0 N–H and O–H groups in total. The molecule has 0 unspecified atom stereocenters. The van der Waals surface area contributed by atoms with Crippen molar-refractivity contribution in [2.75, 3.05) is 13.4 Å². The molecule has 26 heavy (non-hydrogen) atoms. The van der Waals surface area contributed by atoms with Gasteiger partial charge in [0.1, 0.15) is 11.5 Å². The van der Waals surface area contributed by atoms with Gasteiger partial charge >= 0.3 is 10.1 Å². The maximum Gasteiger partial charge on any atom is 0.306 e. The van der Waals surface area contributed by atoms with Crippen LogP contribution in [-0.4, -0.2) is 38.6 Å². The number of benzene rings is 2. The van der Waals surface area contributed by atoms with E-state index in [0.29, 0.717) is 17.9 Å². The fourth-order valence-electron chi connectivity index (χ4n) is 2.48. The van der Waals surface area contributed by atoms with Crippen LogP contribution in [0.3, 0.4) is 0 Å². The summed E-state index contributed by atoms with van der Waals surface area (Å²) in [6.45, 7) is 4.18. The molecule has 0 saturated carbocycles. The Kier molecular flexibility index (Phi) is 6.26. The van der Waals surface area contributed by atoms with Gasteiger partial charge in [0.2, 0.25) is 0 Å². The van der Waals surface area contributed by atoms with Crippen LogP contribution in [0.2, 0.25) is 0 Å². The van der Waals surface area contributed by atoms with E-state index in [2.05, 4.69) is 0 Å². The Labute approximate surface area is 154 Å². The summed E-state index contributed by atoms with van der Waals surface area (Å²) in [7, 11) is -2.05. The van der Waals surface area contributed by atoms with Gasteiger partial charge in [0.25, 0.3) is 5.91 Å². The second kappa shape index (κ2) is 8.23. The molecule has 0 aromatic heterocycles. The third-order valence-corrected chi connectivity index (χ3v) is 4.20. The first-order valence-corrected chi connectivity index (χ1v) is 9.94. The van der Waals surface area contributed by atoms with E-state index in [-0.39, 0.29) is 17.7 Å². The van der Waals surface area contributed by atoms with Crippen molar-refractivity contribution in [1.82, 2.24) is 4.90 Å². The molecule has 0 saturated heterocycles. The normalized spacial score (nSPS) is 11.3. The Morgan fingerprint density at radius 3 is 2.35 bits per heavy atom. The lowest BCUT2D eigenvalue weighted by Gasteiger charge is -2.27. The summed E-state index contributed by atoms with van der Waals surface area (Å²) in [6, 6.07) is 13.6. The number of nitrogens with zero attached hydrogens (tertiary/aromatic N) is 1. The number of hydrogen-bond donors (Lipinski definition) is 0. The quantitative estimate of drug-likeness (QED) is 0.694. The minimum Gasteiger partial charge on any atom is -0.497 e. The summed E-state index contributed by atoms with van der Waals surface area (Å²) in [5.74, 6) is 0.707. The molecule has 0 heterocycles. The fraction of sp³-hybridized carbons (Fsp3) is 0.316. The van der Waals surface area contributed by atoms with Gasteiger partial charge in [-0.2, -0.15) is 8.42 Å². The highest BCUT2D eigenvalue weighted by Gasteiger charge is 2.20. The predicted molar refractivity (Wildman–Crippen MR) is 99.9 cm³/mol. The van der Waals surface area contributed by atoms with Crippen LogP contribution in [0.1, 0.15) is 29.8 Å². The largest absolute Gasteiger partial charge is 0.497 e. The van der Waals surface area contributed by atoms with Crippen molar-refractivity contribution < 1.29 is 22.1 Å². The molecule has 140 valence electrons. The van der Waals surface area contributed by atoms with Crippen molar-refractivity contribution in [3.8, 4) is 11.5 Å². The van der Waals surface area contributed by atoms with Gasteiger partial charge in [0.15, 0.2) is 0 Å². The first kappa shape index (κ1) is 19.8. The van der Waals surface area contributed by atoms with E-state index in [1.807, 2.05) is 19.9 Å². The summed E-state index contributed by atoms with van der Waals surface area (Å²) >= 11 is 0. The SMILES string of the molecule is COc1cccc(C(=O)N(Cc2cccc(OS(C)(=O)=O)c2)C(C)C)c1. The van der Waals surface area contributed by atoms with Crippen molar-refractivity contribution >= 4 is 16.0 Å². The average molecular weight is 377 g/mol. The van der Waals surface area contributed by atoms with Crippen LogP contribution in [0.5, 0.6) is 11.5 Å². The standard InChI is InChI=1S/C19H23NO5S/c1-14(2)20(19(21)16-8-6-9-17(12-16)24-3)13-15-7-5-10-18(11-15)25-26(4,22)23/h5-12,14H,13H2,1-4H3. The molecule has 0 aliphatic carbocycles. The first-order valence-electron chi connectivity index (χ1n) is 8.13. The van der Waals surface area contributed by atoms with E-state index in [1.54, 1.807) is 54.5 Å². The number of carbonyl (C=O) groups excluding carboxylic acids is 1. The van der Waals surface area contributed by atoms with Gasteiger partial charge in [-0.3, -0.25) is 4.79 Å². The van der Waals surface area contributed by atoms with E-state index in [9.17, 15) is 13.2 Å². The Hall–Kier alpha value is -2.54. The van der Waals surface area contributed by atoms with Gasteiger partial charge in [-0.1, -0.05) is 18.2 Å². The van der Waals surface area contributed by atoms with E-state index >= 15 is 0 Å². The molecule has 6 nitrogen and oxygen atoms in total. The Morgan fingerprint density at radius 1 is 1.08 bits per heavy atom. The molecule has 0 fully saturated rings. The molecule has 2 aromatic rings. The Bertz CT molecular complexity index is 877. The number of methoxy groups -OCH3 is 1. The maximum absolute atomic E-state index is 12.9. The highest BCUT2D eigenvalue weighted by molar-refractivity contribution is 7.86. The summed E-state index contributed by atoms with van der Waals surface area (Å²) in [6.07, 6.45) is 0.992. The van der Waals surface area contributed by atoms with Crippen molar-refractivity contribution in [1.29, 1.82) is 0 Å². The number of hydrogen-bond acceptors (Lipinski definition) is 5. The molecule has 7 heteroatoms. The molecule has 0 spiro atoms. The smallest absolute Gasteiger partial charge is 0.306 e. The Balaban J connectivity index is 2.25. The molecule has 0 radical (unpaired) electrons. The number of rotatable bonds is 7. The lowest BCUT2D eigenvalue weighted by Crippen LogP contribution is -2.36.